The molecule has 0 heterocycles. The van der Waals surface area contributed by atoms with Gasteiger partial charge in [-0.1, -0.05) is 13.8 Å². The molecule has 2 unspecified atom stereocenters. The average Bonchev–Trinajstić information content (AvgIpc) is 2.11. The van der Waals surface area contributed by atoms with Crippen LogP contribution in [0.2, 0.25) is 0 Å². The van der Waals surface area contributed by atoms with Gasteiger partial charge in [-0.25, -0.2) is 4.79 Å². The molecule has 5 N–H and O–H groups in total. The van der Waals surface area contributed by atoms with E-state index in [1.165, 1.54) is 0 Å². The summed E-state index contributed by atoms with van der Waals surface area (Å²) in [5, 5.41) is 19.3. The van der Waals surface area contributed by atoms with Crippen LogP contribution in [0.15, 0.2) is 0 Å². The average molecular weight is 204 g/mol. The van der Waals surface area contributed by atoms with Crippen LogP contribution in [0, 0.1) is 5.92 Å². The summed E-state index contributed by atoms with van der Waals surface area (Å²) in [5.41, 5.74) is 5.48. The van der Waals surface area contributed by atoms with Crippen LogP contribution in [0.1, 0.15) is 13.8 Å². The summed E-state index contributed by atoms with van der Waals surface area (Å²) in [4.78, 5) is 21.7. The smallest absolute Gasteiger partial charge is 0.328 e. The molecule has 0 saturated carbocycles. The van der Waals surface area contributed by atoms with Crippen molar-refractivity contribution in [2.75, 3.05) is 6.61 Å². The number of carboxylic acid groups (broad SMARTS) is 1. The number of amides is 1. The van der Waals surface area contributed by atoms with Gasteiger partial charge in [0.2, 0.25) is 5.91 Å². The Labute approximate surface area is 82.1 Å². The van der Waals surface area contributed by atoms with E-state index in [4.69, 9.17) is 15.9 Å². The molecular weight excluding hydrogens is 188 g/mol. The lowest BCUT2D eigenvalue weighted by Gasteiger charge is -2.18. The molecular formula is C8H16N2O4. The second-order valence-corrected chi connectivity index (χ2v) is 3.35. The lowest BCUT2D eigenvalue weighted by atomic mass is 10.0. The Hall–Kier alpha value is -1.14. The van der Waals surface area contributed by atoms with Gasteiger partial charge in [0.15, 0.2) is 0 Å². The Kier molecular flexibility index (Phi) is 5.11. The first kappa shape index (κ1) is 12.9. The predicted molar refractivity (Wildman–Crippen MR) is 49.5 cm³/mol. The lowest BCUT2D eigenvalue weighted by Crippen LogP contribution is -2.51. The predicted octanol–water partition coefficient (Wildman–Crippen LogP) is -1.47. The number of hydrogen-bond acceptors (Lipinski definition) is 4. The molecule has 0 aromatic carbocycles. The monoisotopic (exact) mass is 204 g/mol. The van der Waals surface area contributed by atoms with Crippen molar-refractivity contribution in [3.05, 3.63) is 0 Å². The first-order chi connectivity index (χ1) is 6.40. The fraction of sp³-hybridized carbons (Fsp3) is 0.750. The molecule has 0 aliphatic carbocycles. The second kappa shape index (κ2) is 5.56. The molecule has 2 atom stereocenters. The molecule has 82 valence electrons. The van der Waals surface area contributed by atoms with E-state index in [9.17, 15) is 9.59 Å². The zero-order valence-corrected chi connectivity index (χ0v) is 8.23. The normalized spacial score (nSPS) is 14.9. The number of aliphatic hydroxyl groups is 1. The highest BCUT2D eigenvalue weighted by Gasteiger charge is 2.23. The highest BCUT2D eigenvalue weighted by atomic mass is 16.4. The van der Waals surface area contributed by atoms with Crippen molar-refractivity contribution in [2.45, 2.75) is 25.9 Å². The Morgan fingerprint density at radius 3 is 2.21 bits per heavy atom. The van der Waals surface area contributed by atoms with Crippen LogP contribution in [-0.2, 0) is 9.59 Å². The fourth-order valence-corrected chi connectivity index (χ4v) is 0.756. The molecule has 0 aliphatic rings. The van der Waals surface area contributed by atoms with Crippen molar-refractivity contribution >= 4 is 11.9 Å². The summed E-state index contributed by atoms with van der Waals surface area (Å²) < 4.78 is 0. The summed E-state index contributed by atoms with van der Waals surface area (Å²) in [7, 11) is 0. The van der Waals surface area contributed by atoms with E-state index in [0.717, 1.165) is 0 Å². The van der Waals surface area contributed by atoms with Gasteiger partial charge in [-0.2, -0.15) is 0 Å². The number of carbonyl (C=O) groups is 2. The molecule has 0 spiro atoms. The van der Waals surface area contributed by atoms with Gasteiger partial charge >= 0.3 is 5.97 Å². The molecule has 0 saturated heterocycles. The number of aliphatic hydroxyl groups excluding tert-OH is 1. The van der Waals surface area contributed by atoms with E-state index in [0.29, 0.717) is 0 Å². The van der Waals surface area contributed by atoms with Gasteiger partial charge in [0.05, 0.1) is 12.6 Å². The highest BCUT2D eigenvalue weighted by Crippen LogP contribution is 1.98. The summed E-state index contributed by atoms with van der Waals surface area (Å²) in [6.07, 6.45) is 0. The van der Waals surface area contributed by atoms with E-state index in [-0.39, 0.29) is 5.92 Å². The molecule has 0 aromatic rings. The largest absolute Gasteiger partial charge is 0.480 e. The number of rotatable bonds is 5. The van der Waals surface area contributed by atoms with Crippen LogP contribution < -0.4 is 11.1 Å². The number of carboxylic acids is 1. The van der Waals surface area contributed by atoms with Crippen molar-refractivity contribution in [2.24, 2.45) is 11.7 Å². The maximum absolute atomic E-state index is 11.2. The molecule has 14 heavy (non-hydrogen) atoms. The van der Waals surface area contributed by atoms with Crippen molar-refractivity contribution in [1.82, 2.24) is 5.32 Å². The summed E-state index contributed by atoms with van der Waals surface area (Å²) >= 11 is 0. The Balaban J connectivity index is 4.22. The number of aliphatic carboxylic acids is 1. The summed E-state index contributed by atoms with van der Waals surface area (Å²) in [5.74, 6) is -1.93. The van der Waals surface area contributed by atoms with Crippen LogP contribution >= 0.6 is 0 Å². The molecule has 6 nitrogen and oxygen atoms in total. The first-order valence-electron chi connectivity index (χ1n) is 4.29. The lowest BCUT2D eigenvalue weighted by molar-refractivity contribution is -0.143. The zero-order valence-electron chi connectivity index (χ0n) is 8.23. The van der Waals surface area contributed by atoms with Crippen molar-refractivity contribution in [3.63, 3.8) is 0 Å². The maximum Gasteiger partial charge on any atom is 0.328 e. The molecule has 0 aromatic heterocycles. The number of carbonyl (C=O) groups excluding carboxylic acids is 1. The Bertz CT molecular complexity index is 217. The standard InChI is InChI=1S/C8H16N2O4/c1-4(2)6(9)7(12)10-5(3-11)8(13)14/h4-6,11H,3,9H2,1-2H3,(H,10,12)(H,13,14). The van der Waals surface area contributed by atoms with Crippen LogP contribution in [0.5, 0.6) is 0 Å². The second-order valence-electron chi connectivity index (χ2n) is 3.35. The maximum atomic E-state index is 11.2. The van der Waals surface area contributed by atoms with Crippen molar-refractivity contribution in [1.29, 1.82) is 0 Å². The van der Waals surface area contributed by atoms with Crippen molar-refractivity contribution < 1.29 is 19.8 Å². The number of nitrogens with two attached hydrogens (primary N) is 1. The SMILES string of the molecule is CC(C)C(N)C(=O)NC(CO)C(=O)O. The summed E-state index contributed by atoms with van der Waals surface area (Å²) in [6.45, 7) is 2.85. The van der Waals surface area contributed by atoms with Gasteiger partial charge in [-0.15, -0.1) is 0 Å². The third-order valence-electron chi connectivity index (χ3n) is 1.82. The molecule has 6 heteroatoms. The van der Waals surface area contributed by atoms with Crippen LogP contribution in [0.4, 0.5) is 0 Å². The van der Waals surface area contributed by atoms with Crippen molar-refractivity contribution in [3.8, 4) is 0 Å². The van der Waals surface area contributed by atoms with Gasteiger partial charge in [0, 0.05) is 0 Å². The Morgan fingerprint density at radius 1 is 1.43 bits per heavy atom. The van der Waals surface area contributed by atoms with Crippen LogP contribution in [-0.4, -0.2) is 40.8 Å². The van der Waals surface area contributed by atoms with Gasteiger partial charge < -0.3 is 21.3 Å². The van der Waals surface area contributed by atoms with Gasteiger partial charge in [-0.05, 0) is 5.92 Å². The molecule has 0 radical (unpaired) electrons. The molecule has 1 amide bonds. The third-order valence-corrected chi connectivity index (χ3v) is 1.82. The van der Waals surface area contributed by atoms with E-state index in [2.05, 4.69) is 5.32 Å². The summed E-state index contributed by atoms with van der Waals surface area (Å²) in [6, 6.07) is -2.05. The van der Waals surface area contributed by atoms with Gasteiger partial charge in [0.25, 0.3) is 0 Å². The van der Waals surface area contributed by atoms with E-state index < -0.39 is 30.6 Å². The van der Waals surface area contributed by atoms with Crippen LogP contribution in [0.25, 0.3) is 0 Å². The first-order valence-corrected chi connectivity index (χ1v) is 4.29. The minimum absolute atomic E-state index is 0.0804. The Morgan fingerprint density at radius 2 is 1.93 bits per heavy atom. The minimum atomic E-state index is -1.28. The van der Waals surface area contributed by atoms with Gasteiger partial charge in [-0.3, -0.25) is 4.79 Å². The van der Waals surface area contributed by atoms with E-state index in [1.54, 1.807) is 13.8 Å². The molecule has 0 aliphatic heterocycles. The van der Waals surface area contributed by atoms with E-state index >= 15 is 0 Å². The zero-order chi connectivity index (χ0) is 11.3. The van der Waals surface area contributed by atoms with Crippen LogP contribution in [0.3, 0.4) is 0 Å². The molecule has 0 rings (SSSR count). The fourth-order valence-electron chi connectivity index (χ4n) is 0.756. The molecule has 0 fully saturated rings. The quantitative estimate of drug-likeness (QED) is 0.437. The van der Waals surface area contributed by atoms with E-state index in [1.807, 2.05) is 0 Å². The minimum Gasteiger partial charge on any atom is -0.480 e. The number of hydrogen-bond donors (Lipinski definition) is 4. The molecule has 0 bridgehead atoms. The topological polar surface area (TPSA) is 113 Å². The highest BCUT2D eigenvalue weighted by molar-refractivity contribution is 5.86. The van der Waals surface area contributed by atoms with Gasteiger partial charge in [0.1, 0.15) is 6.04 Å². The number of nitrogens with one attached hydrogen (secondary N) is 1. The third kappa shape index (κ3) is 3.71.